The highest BCUT2D eigenvalue weighted by molar-refractivity contribution is 7.89. The van der Waals surface area contributed by atoms with Crippen LogP contribution in [0.15, 0.2) is 12.3 Å². The molecule has 0 aliphatic carbocycles. The van der Waals surface area contributed by atoms with Crippen LogP contribution >= 0.6 is 0 Å². The minimum absolute atomic E-state index is 0.0204. The van der Waals surface area contributed by atoms with Crippen LogP contribution in [0.2, 0.25) is 0 Å². The lowest BCUT2D eigenvalue weighted by Crippen LogP contribution is -2.26. The maximum Gasteiger partial charge on any atom is 0.221 e. The van der Waals surface area contributed by atoms with Crippen molar-refractivity contribution in [1.82, 2.24) is 14.7 Å². The van der Waals surface area contributed by atoms with Crippen molar-refractivity contribution in [2.45, 2.75) is 0 Å². The van der Waals surface area contributed by atoms with E-state index >= 15 is 0 Å². The number of hydrogen-bond acceptors (Lipinski definition) is 6. The van der Waals surface area contributed by atoms with Gasteiger partial charge in [0.05, 0.1) is 5.75 Å². The van der Waals surface area contributed by atoms with Crippen molar-refractivity contribution in [1.29, 1.82) is 0 Å². The SMILES string of the molecule is CNS(=O)(=O)CCNc1ccnc(N)n1. The molecular formula is C7H13N5O2S. The summed E-state index contributed by atoms with van der Waals surface area (Å²) in [4.78, 5) is 7.57. The second kappa shape index (κ2) is 4.89. The molecule has 0 amide bonds. The monoisotopic (exact) mass is 231 g/mol. The Morgan fingerprint density at radius 2 is 2.27 bits per heavy atom. The summed E-state index contributed by atoms with van der Waals surface area (Å²) in [6.07, 6.45) is 1.50. The molecule has 0 saturated carbocycles. The molecule has 0 unspecified atom stereocenters. The Balaban J connectivity index is 2.45. The van der Waals surface area contributed by atoms with Crippen LogP contribution in [0.25, 0.3) is 0 Å². The summed E-state index contributed by atoms with van der Waals surface area (Å²) in [5.74, 6) is 0.637. The summed E-state index contributed by atoms with van der Waals surface area (Å²) in [7, 11) is -1.81. The average Bonchev–Trinajstić information content (AvgIpc) is 2.18. The van der Waals surface area contributed by atoms with E-state index in [1.165, 1.54) is 13.2 Å². The Labute approximate surface area is 88.2 Å². The largest absolute Gasteiger partial charge is 0.369 e. The lowest BCUT2D eigenvalue weighted by molar-refractivity contribution is 0.588. The predicted octanol–water partition coefficient (Wildman–Crippen LogP) is -0.980. The van der Waals surface area contributed by atoms with E-state index in [0.717, 1.165) is 0 Å². The highest BCUT2D eigenvalue weighted by atomic mass is 32.2. The number of nitrogens with zero attached hydrogens (tertiary/aromatic N) is 2. The molecule has 0 spiro atoms. The quantitative estimate of drug-likeness (QED) is 0.601. The number of anilines is 2. The Morgan fingerprint density at radius 3 is 2.87 bits per heavy atom. The normalized spacial score (nSPS) is 11.3. The number of sulfonamides is 1. The lowest BCUT2D eigenvalue weighted by atomic mass is 10.5. The summed E-state index contributed by atoms with van der Waals surface area (Å²) in [5, 5.41) is 2.83. The molecule has 0 atom stereocenters. The van der Waals surface area contributed by atoms with Crippen LogP contribution in [0.1, 0.15) is 0 Å². The average molecular weight is 231 g/mol. The van der Waals surface area contributed by atoms with Crippen LogP contribution in [0.3, 0.4) is 0 Å². The number of nitrogens with two attached hydrogens (primary N) is 1. The fraction of sp³-hybridized carbons (Fsp3) is 0.429. The second-order valence-electron chi connectivity index (χ2n) is 2.75. The topological polar surface area (TPSA) is 110 Å². The van der Waals surface area contributed by atoms with Gasteiger partial charge in [0.2, 0.25) is 16.0 Å². The van der Waals surface area contributed by atoms with Gasteiger partial charge >= 0.3 is 0 Å². The van der Waals surface area contributed by atoms with Gasteiger partial charge in [-0.25, -0.2) is 18.1 Å². The third-order valence-electron chi connectivity index (χ3n) is 1.66. The smallest absolute Gasteiger partial charge is 0.221 e. The zero-order valence-electron chi connectivity index (χ0n) is 8.27. The third kappa shape index (κ3) is 4.09. The van der Waals surface area contributed by atoms with Crippen LogP contribution in [0.5, 0.6) is 0 Å². The summed E-state index contributed by atoms with van der Waals surface area (Å²) in [6.45, 7) is 0.264. The van der Waals surface area contributed by atoms with Crippen LogP contribution in [-0.4, -0.2) is 37.7 Å². The number of rotatable bonds is 5. The standard InChI is InChI=1S/C7H13N5O2S/c1-9-15(13,14)5-4-10-6-2-3-11-7(8)12-6/h2-3,9H,4-5H2,1H3,(H3,8,10,11,12). The molecule has 0 aromatic carbocycles. The van der Waals surface area contributed by atoms with Gasteiger partial charge in [0.15, 0.2) is 0 Å². The van der Waals surface area contributed by atoms with Crippen molar-refractivity contribution < 1.29 is 8.42 Å². The van der Waals surface area contributed by atoms with E-state index in [4.69, 9.17) is 5.73 Å². The molecule has 15 heavy (non-hydrogen) atoms. The van der Waals surface area contributed by atoms with Gasteiger partial charge in [-0.1, -0.05) is 0 Å². The first-order valence-electron chi connectivity index (χ1n) is 4.27. The van der Waals surface area contributed by atoms with Crippen LogP contribution in [0.4, 0.5) is 11.8 Å². The Morgan fingerprint density at radius 1 is 1.53 bits per heavy atom. The first-order valence-corrected chi connectivity index (χ1v) is 5.92. The van der Waals surface area contributed by atoms with Crippen molar-refractivity contribution in [3.63, 3.8) is 0 Å². The van der Waals surface area contributed by atoms with Gasteiger partial charge in [-0.15, -0.1) is 0 Å². The van der Waals surface area contributed by atoms with Crippen molar-refractivity contribution in [2.75, 3.05) is 30.4 Å². The van der Waals surface area contributed by atoms with Gasteiger partial charge in [-0.05, 0) is 13.1 Å². The van der Waals surface area contributed by atoms with Crippen LogP contribution in [-0.2, 0) is 10.0 Å². The third-order valence-corrected chi connectivity index (χ3v) is 3.03. The van der Waals surface area contributed by atoms with E-state index in [-0.39, 0.29) is 18.2 Å². The van der Waals surface area contributed by atoms with Gasteiger partial charge < -0.3 is 11.1 Å². The van der Waals surface area contributed by atoms with E-state index < -0.39 is 10.0 Å². The summed E-state index contributed by atoms with van der Waals surface area (Å²) in [5.41, 5.74) is 5.35. The minimum Gasteiger partial charge on any atom is -0.369 e. The molecule has 0 bridgehead atoms. The molecular weight excluding hydrogens is 218 g/mol. The van der Waals surface area contributed by atoms with Gasteiger partial charge in [0, 0.05) is 12.7 Å². The number of nitrogens with one attached hydrogen (secondary N) is 2. The van der Waals surface area contributed by atoms with Crippen molar-refractivity contribution >= 4 is 21.8 Å². The molecule has 0 aliphatic rings. The molecule has 1 aromatic heterocycles. The maximum atomic E-state index is 11.0. The minimum atomic E-state index is -3.19. The predicted molar refractivity (Wildman–Crippen MR) is 57.8 cm³/mol. The molecule has 0 aliphatic heterocycles. The molecule has 0 saturated heterocycles. The second-order valence-corrected chi connectivity index (χ2v) is 4.80. The Hall–Kier alpha value is -1.41. The fourth-order valence-corrected chi connectivity index (χ4v) is 1.46. The van der Waals surface area contributed by atoms with Gasteiger partial charge in [0.25, 0.3) is 0 Å². The highest BCUT2D eigenvalue weighted by Gasteiger charge is 2.05. The molecule has 0 radical (unpaired) electrons. The maximum absolute atomic E-state index is 11.0. The molecule has 7 nitrogen and oxygen atoms in total. The summed E-state index contributed by atoms with van der Waals surface area (Å²) >= 11 is 0. The summed E-state index contributed by atoms with van der Waals surface area (Å²) < 4.78 is 24.3. The zero-order valence-corrected chi connectivity index (χ0v) is 9.08. The molecule has 8 heteroatoms. The van der Waals surface area contributed by atoms with E-state index in [9.17, 15) is 8.42 Å². The van der Waals surface area contributed by atoms with Crippen molar-refractivity contribution in [2.24, 2.45) is 0 Å². The molecule has 4 N–H and O–H groups in total. The molecule has 84 valence electrons. The number of aromatic nitrogens is 2. The number of hydrogen-bond donors (Lipinski definition) is 3. The molecule has 1 heterocycles. The lowest BCUT2D eigenvalue weighted by Gasteiger charge is -2.05. The molecule has 0 fully saturated rings. The van der Waals surface area contributed by atoms with Crippen molar-refractivity contribution in [3.05, 3.63) is 12.3 Å². The van der Waals surface area contributed by atoms with E-state index in [1.807, 2.05) is 0 Å². The van der Waals surface area contributed by atoms with Crippen LogP contribution < -0.4 is 15.8 Å². The van der Waals surface area contributed by atoms with Gasteiger partial charge in [0.1, 0.15) is 5.82 Å². The van der Waals surface area contributed by atoms with Gasteiger partial charge in [-0.2, -0.15) is 4.98 Å². The zero-order chi connectivity index (χ0) is 11.3. The number of nitrogen functional groups attached to an aromatic ring is 1. The highest BCUT2D eigenvalue weighted by Crippen LogP contribution is 2.01. The van der Waals surface area contributed by atoms with Crippen LogP contribution in [0, 0.1) is 0 Å². The van der Waals surface area contributed by atoms with E-state index in [0.29, 0.717) is 5.82 Å². The molecule has 1 aromatic rings. The summed E-state index contributed by atoms with van der Waals surface area (Å²) in [6, 6.07) is 1.61. The van der Waals surface area contributed by atoms with Crippen molar-refractivity contribution in [3.8, 4) is 0 Å². The Kier molecular flexibility index (Phi) is 3.81. The first-order chi connectivity index (χ1) is 7.03. The molecule has 1 rings (SSSR count). The first kappa shape index (κ1) is 11.7. The van der Waals surface area contributed by atoms with E-state index in [2.05, 4.69) is 20.0 Å². The fourth-order valence-electron chi connectivity index (χ4n) is 0.888. The van der Waals surface area contributed by atoms with Gasteiger partial charge in [-0.3, -0.25) is 0 Å². The Bertz CT molecular complexity index is 419. The van der Waals surface area contributed by atoms with E-state index in [1.54, 1.807) is 6.07 Å².